The minimum atomic E-state index is 0.0345. The average molecular weight is 518 g/mol. The number of benzene rings is 2. The van der Waals surface area contributed by atoms with Crippen molar-refractivity contribution in [2.45, 2.75) is 26.4 Å². The molecule has 10 heteroatoms. The molecular formula is C27H28ClN7O2. The van der Waals surface area contributed by atoms with Crippen LogP contribution in [-0.4, -0.2) is 78.9 Å². The van der Waals surface area contributed by atoms with Crippen molar-refractivity contribution in [1.29, 1.82) is 0 Å². The molecule has 1 fully saturated rings. The van der Waals surface area contributed by atoms with Gasteiger partial charge in [0.1, 0.15) is 30.2 Å². The molecular weight excluding hydrogens is 490 g/mol. The molecule has 0 atom stereocenters. The Morgan fingerprint density at radius 3 is 2.62 bits per heavy atom. The first kappa shape index (κ1) is 23.7. The summed E-state index contributed by atoms with van der Waals surface area (Å²) in [5.41, 5.74) is 2.83. The second-order valence-electron chi connectivity index (χ2n) is 9.57. The van der Waals surface area contributed by atoms with Crippen LogP contribution in [0.3, 0.4) is 0 Å². The number of hydrogen-bond acceptors (Lipinski definition) is 6. The molecule has 0 spiro atoms. The minimum Gasteiger partial charge on any atom is -0.491 e. The van der Waals surface area contributed by atoms with Crippen LogP contribution >= 0.6 is 11.6 Å². The lowest BCUT2D eigenvalue weighted by Crippen LogP contribution is -2.50. The van der Waals surface area contributed by atoms with E-state index in [2.05, 4.69) is 28.8 Å². The second kappa shape index (κ2) is 9.64. The number of halogens is 1. The van der Waals surface area contributed by atoms with Crippen molar-refractivity contribution in [3.63, 3.8) is 0 Å². The van der Waals surface area contributed by atoms with Gasteiger partial charge < -0.3 is 14.2 Å². The standard InChI is InChI=1S/C27H28ClN7O2/c1-18(2)32-9-11-33(12-10-32)27(36)19-7-8-24-20(15-19)25-31-22(16-34(25)13-14-37-24)26-29-17-30-35(26)23-6-4-3-5-21(23)28/h3-8,15-18H,9-14H2,1-2H3. The highest BCUT2D eigenvalue weighted by Crippen LogP contribution is 2.35. The fourth-order valence-corrected chi connectivity index (χ4v) is 5.18. The molecule has 4 aromatic rings. The summed E-state index contributed by atoms with van der Waals surface area (Å²) in [5, 5.41) is 4.97. The van der Waals surface area contributed by atoms with Crippen LogP contribution in [0, 0.1) is 0 Å². The maximum Gasteiger partial charge on any atom is 0.253 e. The lowest BCUT2D eigenvalue weighted by Gasteiger charge is -2.37. The molecule has 1 saturated heterocycles. The summed E-state index contributed by atoms with van der Waals surface area (Å²) in [6.07, 6.45) is 3.45. The number of rotatable bonds is 4. The summed E-state index contributed by atoms with van der Waals surface area (Å²) >= 11 is 6.43. The van der Waals surface area contributed by atoms with Crippen LogP contribution < -0.4 is 4.74 Å². The number of ether oxygens (including phenoxy) is 1. The van der Waals surface area contributed by atoms with Crippen LogP contribution in [0.2, 0.25) is 5.02 Å². The number of fused-ring (bicyclic) bond motifs is 3. The van der Waals surface area contributed by atoms with E-state index in [1.165, 1.54) is 6.33 Å². The summed E-state index contributed by atoms with van der Waals surface area (Å²) in [4.78, 5) is 27.1. The fraction of sp³-hybridized carbons (Fsp3) is 0.333. The van der Waals surface area contributed by atoms with Crippen molar-refractivity contribution in [2.75, 3.05) is 32.8 Å². The smallest absolute Gasteiger partial charge is 0.253 e. The van der Waals surface area contributed by atoms with Crippen molar-refractivity contribution in [1.82, 2.24) is 34.1 Å². The first-order valence-electron chi connectivity index (χ1n) is 12.5. The summed E-state index contributed by atoms with van der Waals surface area (Å²) in [6.45, 7) is 8.72. The molecule has 0 bridgehead atoms. The Bertz CT molecular complexity index is 1450. The Morgan fingerprint density at radius 2 is 1.84 bits per heavy atom. The maximum atomic E-state index is 13.4. The van der Waals surface area contributed by atoms with Crippen LogP contribution in [0.4, 0.5) is 0 Å². The van der Waals surface area contributed by atoms with E-state index >= 15 is 0 Å². The van der Waals surface area contributed by atoms with Crippen molar-refractivity contribution >= 4 is 17.5 Å². The van der Waals surface area contributed by atoms with Crippen LogP contribution in [0.25, 0.3) is 28.6 Å². The van der Waals surface area contributed by atoms with Crippen molar-refractivity contribution < 1.29 is 9.53 Å². The van der Waals surface area contributed by atoms with Gasteiger partial charge in [-0.05, 0) is 44.2 Å². The van der Waals surface area contributed by atoms with Crippen molar-refractivity contribution in [3.05, 3.63) is 65.6 Å². The van der Waals surface area contributed by atoms with Crippen molar-refractivity contribution in [3.8, 4) is 34.3 Å². The van der Waals surface area contributed by atoms with Gasteiger partial charge in [0.2, 0.25) is 0 Å². The van der Waals surface area contributed by atoms with Crippen molar-refractivity contribution in [2.24, 2.45) is 0 Å². The Hall–Kier alpha value is -3.69. The highest BCUT2D eigenvalue weighted by Gasteiger charge is 2.26. The Labute approximate surface area is 220 Å². The number of aromatic nitrogens is 5. The lowest BCUT2D eigenvalue weighted by molar-refractivity contribution is 0.0595. The minimum absolute atomic E-state index is 0.0345. The monoisotopic (exact) mass is 517 g/mol. The molecule has 2 aromatic heterocycles. The molecule has 37 heavy (non-hydrogen) atoms. The molecule has 2 aliphatic rings. The van der Waals surface area contributed by atoms with Gasteiger partial charge in [0.15, 0.2) is 5.82 Å². The van der Waals surface area contributed by atoms with Gasteiger partial charge in [0, 0.05) is 44.0 Å². The predicted molar refractivity (Wildman–Crippen MR) is 141 cm³/mol. The zero-order valence-corrected chi connectivity index (χ0v) is 21.6. The van der Waals surface area contributed by atoms with Crippen LogP contribution in [0.5, 0.6) is 5.75 Å². The normalized spacial score (nSPS) is 15.7. The van der Waals surface area contributed by atoms with E-state index in [9.17, 15) is 4.79 Å². The third-order valence-corrected chi connectivity index (χ3v) is 7.34. The SMILES string of the molecule is CC(C)N1CCN(C(=O)c2ccc3c(c2)-c2nc(-c4ncnn4-c4ccccc4Cl)cn2CCO3)CC1. The van der Waals surface area contributed by atoms with Gasteiger partial charge in [0.05, 0.1) is 22.8 Å². The Kier molecular flexibility index (Phi) is 6.18. The molecule has 0 saturated carbocycles. The molecule has 2 aliphatic heterocycles. The predicted octanol–water partition coefficient (Wildman–Crippen LogP) is 4.01. The van der Waals surface area contributed by atoms with E-state index in [0.29, 0.717) is 47.0 Å². The molecule has 0 aliphatic carbocycles. The lowest BCUT2D eigenvalue weighted by atomic mass is 10.1. The highest BCUT2D eigenvalue weighted by molar-refractivity contribution is 6.32. The summed E-state index contributed by atoms with van der Waals surface area (Å²) in [7, 11) is 0. The number of nitrogens with zero attached hydrogens (tertiary/aromatic N) is 7. The molecule has 1 amide bonds. The van der Waals surface area contributed by atoms with Crippen LogP contribution in [0.1, 0.15) is 24.2 Å². The number of amides is 1. The van der Waals surface area contributed by atoms with E-state index in [-0.39, 0.29) is 5.91 Å². The number of carbonyl (C=O) groups is 1. The molecule has 0 radical (unpaired) electrons. The van der Waals surface area contributed by atoms with Gasteiger partial charge in [-0.1, -0.05) is 23.7 Å². The van der Waals surface area contributed by atoms with Gasteiger partial charge in [-0.3, -0.25) is 9.69 Å². The van der Waals surface area contributed by atoms with E-state index in [0.717, 1.165) is 43.3 Å². The van der Waals surface area contributed by atoms with E-state index in [4.69, 9.17) is 21.3 Å². The third-order valence-electron chi connectivity index (χ3n) is 7.02. The van der Waals surface area contributed by atoms with Gasteiger partial charge >= 0.3 is 0 Å². The quantitative estimate of drug-likeness (QED) is 0.407. The number of imidazole rings is 1. The Morgan fingerprint density at radius 1 is 1.03 bits per heavy atom. The first-order valence-corrected chi connectivity index (χ1v) is 12.9. The van der Waals surface area contributed by atoms with Crippen LogP contribution in [-0.2, 0) is 6.54 Å². The molecule has 4 heterocycles. The van der Waals surface area contributed by atoms with E-state index < -0.39 is 0 Å². The third kappa shape index (κ3) is 4.38. The molecule has 6 rings (SSSR count). The molecule has 9 nitrogen and oxygen atoms in total. The molecule has 2 aromatic carbocycles. The number of carbonyl (C=O) groups excluding carboxylic acids is 1. The zero-order chi connectivity index (χ0) is 25.5. The molecule has 0 N–H and O–H groups in total. The zero-order valence-electron chi connectivity index (χ0n) is 20.8. The summed E-state index contributed by atoms with van der Waals surface area (Å²) in [5.74, 6) is 2.07. The van der Waals surface area contributed by atoms with Gasteiger partial charge in [-0.2, -0.15) is 5.10 Å². The summed E-state index contributed by atoms with van der Waals surface area (Å²) in [6, 6.07) is 13.6. The van der Waals surface area contributed by atoms with E-state index in [1.807, 2.05) is 58.1 Å². The van der Waals surface area contributed by atoms with Gasteiger partial charge in [-0.15, -0.1) is 0 Å². The molecule has 0 unspecified atom stereocenters. The number of para-hydroxylation sites is 1. The Balaban J connectivity index is 1.34. The van der Waals surface area contributed by atoms with Gasteiger partial charge in [-0.25, -0.2) is 14.6 Å². The maximum absolute atomic E-state index is 13.4. The average Bonchev–Trinajstić information content (AvgIpc) is 3.53. The second-order valence-corrected chi connectivity index (χ2v) is 9.98. The number of piperazine rings is 1. The van der Waals surface area contributed by atoms with E-state index in [1.54, 1.807) is 4.68 Å². The first-order chi connectivity index (χ1) is 18.0. The largest absolute Gasteiger partial charge is 0.491 e. The fourth-order valence-electron chi connectivity index (χ4n) is 4.97. The van der Waals surface area contributed by atoms with Crippen LogP contribution in [0.15, 0.2) is 55.0 Å². The highest BCUT2D eigenvalue weighted by atomic mass is 35.5. The topological polar surface area (TPSA) is 81.3 Å². The van der Waals surface area contributed by atoms with Gasteiger partial charge in [0.25, 0.3) is 5.91 Å². The summed E-state index contributed by atoms with van der Waals surface area (Å²) < 4.78 is 9.74. The molecule has 190 valence electrons. The number of hydrogen-bond donors (Lipinski definition) is 0.